The molecule has 3 heterocycles. The van der Waals surface area contributed by atoms with Crippen LogP contribution in [0.15, 0.2) is 12.1 Å². The van der Waals surface area contributed by atoms with Crippen molar-refractivity contribution in [2.45, 2.75) is 58.4 Å². The van der Waals surface area contributed by atoms with Gasteiger partial charge in [0.1, 0.15) is 16.9 Å². The number of rotatable bonds is 4. The number of hydrogen-bond donors (Lipinski definition) is 2. The molecule has 1 aliphatic carbocycles. The van der Waals surface area contributed by atoms with E-state index in [0.717, 1.165) is 5.69 Å². The van der Waals surface area contributed by atoms with Gasteiger partial charge in [-0.2, -0.15) is 0 Å². The second-order valence-corrected chi connectivity index (χ2v) is 10.5. The van der Waals surface area contributed by atoms with Gasteiger partial charge >= 0.3 is 0 Å². The van der Waals surface area contributed by atoms with Crippen molar-refractivity contribution in [1.29, 1.82) is 0 Å². The van der Waals surface area contributed by atoms with E-state index in [2.05, 4.69) is 5.32 Å². The number of nitro groups is 1. The van der Waals surface area contributed by atoms with Crippen LogP contribution in [0.4, 0.5) is 17.1 Å². The Balaban J connectivity index is 1.66. The number of nitrogens with zero attached hydrogens (tertiary/aromatic N) is 3. The van der Waals surface area contributed by atoms with Gasteiger partial charge in [-0.3, -0.25) is 29.8 Å². The number of nitro benzene ring substituents is 1. The number of piperidine rings is 1. The highest BCUT2D eigenvalue weighted by Crippen LogP contribution is 2.51. The minimum Gasteiger partial charge on any atom is -0.372 e. The molecule has 3 aliphatic heterocycles. The topological polar surface area (TPSA) is 148 Å². The molecule has 7 atom stereocenters. The summed E-state index contributed by atoms with van der Waals surface area (Å²) < 4.78 is 6.06. The first-order valence-electron chi connectivity index (χ1n) is 12.0. The van der Waals surface area contributed by atoms with Crippen molar-refractivity contribution in [2.24, 2.45) is 23.0 Å². The third-order valence-corrected chi connectivity index (χ3v) is 8.26. The Labute approximate surface area is 203 Å². The molecule has 1 aromatic rings. The summed E-state index contributed by atoms with van der Waals surface area (Å²) in [6.07, 6.45) is -0.745. The zero-order valence-corrected chi connectivity index (χ0v) is 20.3. The van der Waals surface area contributed by atoms with Crippen molar-refractivity contribution >= 4 is 34.7 Å². The maximum absolute atomic E-state index is 13.4. The van der Waals surface area contributed by atoms with Crippen LogP contribution in [0, 0.1) is 27.4 Å². The molecule has 5 rings (SSSR count). The van der Waals surface area contributed by atoms with Crippen LogP contribution in [-0.2, 0) is 25.5 Å². The predicted octanol–water partition coefficient (Wildman–Crippen LogP) is 0.765. The largest absolute Gasteiger partial charge is 0.372 e. The fourth-order valence-corrected chi connectivity index (χ4v) is 6.61. The summed E-state index contributed by atoms with van der Waals surface area (Å²) in [5.41, 5.74) is 6.22. The molecule has 2 saturated heterocycles. The van der Waals surface area contributed by atoms with Gasteiger partial charge in [-0.15, -0.1) is 0 Å². The second kappa shape index (κ2) is 7.99. The van der Waals surface area contributed by atoms with Crippen molar-refractivity contribution in [3.8, 4) is 0 Å². The molecule has 1 aromatic carbocycles. The Hall–Kier alpha value is -3.05. The molecule has 3 N–H and O–H groups in total. The van der Waals surface area contributed by atoms with Crippen molar-refractivity contribution in [2.75, 3.05) is 29.4 Å². The van der Waals surface area contributed by atoms with Crippen LogP contribution in [0.25, 0.3) is 0 Å². The molecule has 0 spiro atoms. The van der Waals surface area contributed by atoms with Crippen LogP contribution in [0.1, 0.15) is 33.3 Å². The van der Waals surface area contributed by atoms with Gasteiger partial charge in [0.05, 0.1) is 23.2 Å². The average molecular weight is 486 g/mol. The molecule has 35 heavy (non-hydrogen) atoms. The van der Waals surface area contributed by atoms with E-state index in [-0.39, 0.29) is 24.3 Å². The lowest BCUT2D eigenvalue weighted by atomic mass is 9.65. The van der Waals surface area contributed by atoms with Gasteiger partial charge in [0.2, 0.25) is 11.8 Å². The number of fused-ring (bicyclic) bond motifs is 4. The van der Waals surface area contributed by atoms with Crippen LogP contribution in [-0.4, -0.2) is 66.4 Å². The molecule has 1 saturated carbocycles. The van der Waals surface area contributed by atoms with E-state index in [1.54, 1.807) is 0 Å². The Bertz CT molecular complexity index is 1130. The van der Waals surface area contributed by atoms with E-state index < -0.39 is 40.1 Å². The minimum absolute atomic E-state index is 0.0583. The lowest BCUT2D eigenvalue weighted by Crippen LogP contribution is -2.69. The number of ketones is 1. The first kappa shape index (κ1) is 23.7. The van der Waals surface area contributed by atoms with Gasteiger partial charge in [0.25, 0.3) is 5.69 Å². The highest BCUT2D eigenvalue weighted by atomic mass is 16.6. The molecule has 3 fully saturated rings. The SMILES string of the molecule is CC(=O)NC(=O)[C@]1(C(C)=O)Cc2cc([N+](=O)[O-])c(N3C[C@@H]4C(N)[C@@H]4C3)cc2N2C[C@@H](C)O[C@@H](C)[C@@H]21. The first-order valence-corrected chi connectivity index (χ1v) is 12.0. The van der Waals surface area contributed by atoms with Crippen LogP contribution >= 0.6 is 0 Å². The number of anilines is 2. The molecule has 0 radical (unpaired) electrons. The molecular weight excluding hydrogens is 454 g/mol. The summed E-state index contributed by atoms with van der Waals surface area (Å²) in [4.78, 5) is 54.1. The van der Waals surface area contributed by atoms with Crippen LogP contribution < -0.4 is 20.9 Å². The molecular formula is C24H31N5O6. The zero-order valence-electron chi connectivity index (χ0n) is 20.3. The fraction of sp³-hybridized carbons (Fsp3) is 0.625. The Morgan fingerprint density at radius 2 is 1.80 bits per heavy atom. The summed E-state index contributed by atoms with van der Waals surface area (Å²) in [6.45, 7) is 8.01. The number of imide groups is 1. The minimum atomic E-state index is -1.63. The number of carbonyl (C=O) groups is 3. The number of ether oxygens (including phenoxy) is 1. The van der Waals surface area contributed by atoms with Gasteiger partial charge in [0, 0.05) is 44.4 Å². The van der Waals surface area contributed by atoms with Gasteiger partial charge < -0.3 is 20.3 Å². The summed E-state index contributed by atoms with van der Waals surface area (Å²) in [6, 6.07) is 2.81. The van der Waals surface area contributed by atoms with E-state index in [1.807, 2.05) is 29.7 Å². The third kappa shape index (κ3) is 3.51. The van der Waals surface area contributed by atoms with Crippen LogP contribution in [0.5, 0.6) is 0 Å². The summed E-state index contributed by atoms with van der Waals surface area (Å²) in [5, 5.41) is 14.4. The number of morpholine rings is 1. The van der Waals surface area contributed by atoms with Gasteiger partial charge in [-0.05, 0) is 50.7 Å². The quantitative estimate of drug-likeness (QED) is 0.358. The van der Waals surface area contributed by atoms with E-state index in [9.17, 15) is 24.5 Å². The Morgan fingerprint density at radius 3 is 2.37 bits per heavy atom. The highest BCUT2D eigenvalue weighted by molar-refractivity contribution is 6.12. The number of nitrogens with two attached hydrogens (primary N) is 1. The predicted molar refractivity (Wildman–Crippen MR) is 127 cm³/mol. The van der Waals surface area contributed by atoms with Crippen molar-refractivity contribution < 1.29 is 24.0 Å². The molecule has 188 valence electrons. The summed E-state index contributed by atoms with van der Waals surface area (Å²) >= 11 is 0. The summed E-state index contributed by atoms with van der Waals surface area (Å²) in [5.74, 6) is -0.992. The van der Waals surface area contributed by atoms with E-state index in [4.69, 9.17) is 10.5 Å². The number of Topliss-reactive ketones (excluding diaryl/α,β-unsaturated/α-hetero) is 1. The second-order valence-electron chi connectivity index (χ2n) is 10.5. The smallest absolute Gasteiger partial charge is 0.292 e. The molecule has 0 aromatic heterocycles. The Morgan fingerprint density at radius 1 is 1.14 bits per heavy atom. The van der Waals surface area contributed by atoms with Gasteiger partial charge in [-0.1, -0.05) is 0 Å². The summed E-state index contributed by atoms with van der Waals surface area (Å²) in [7, 11) is 0. The zero-order chi connectivity index (χ0) is 25.4. The third-order valence-electron chi connectivity index (χ3n) is 8.26. The Kier molecular flexibility index (Phi) is 5.41. The monoisotopic (exact) mass is 485 g/mol. The van der Waals surface area contributed by atoms with Crippen LogP contribution in [0.2, 0.25) is 0 Å². The van der Waals surface area contributed by atoms with E-state index in [0.29, 0.717) is 42.7 Å². The molecule has 11 nitrogen and oxygen atoms in total. The van der Waals surface area contributed by atoms with E-state index in [1.165, 1.54) is 19.9 Å². The maximum Gasteiger partial charge on any atom is 0.292 e. The van der Waals surface area contributed by atoms with Crippen molar-refractivity contribution in [3.63, 3.8) is 0 Å². The van der Waals surface area contributed by atoms with E-state index >= 15 is 0 Å². The molecule has 1 unspecified atom stereocenters. The van der Waals surface area contributed by atoms with Gasteiger partial charge in [0.15, 0.2) is 0 Å². The lowest BCUT2D eigenvalue weighted by Gasteiger charge is -2.54. The molecule has 11 heteroatoms. The number of carbonyl (C=O) groups excluding carboxylic acids is 3. The molecule has 2 amide bonds. The fourth-order valence-electron chi connectivity index (χ4n) is 6.61. The normalized spacial score (nSPS) is 35.0. The first-order chi connectivity index (χ1) is 16.5. The number of benzene rings is 1. The average Bonchev–Trinajstić information content (AvgIpc) is 3.16. The van der Waals surface area contributed by atoms with Gasteiger partial charge in [-0.25, -0.2) is 0 Å². The number of amides is 2. The van der Waals surface area contributed by atoms with Crippen molar-refractivity contribution in [3.05, 3.63) is 27.8 Å². The molecule has 4 aliphatic rings. The molecule has 0 bridgehead atoms. The highest BCUT2D eigenvalue weighted by Gasteiger charge is 2.60. The maximum atomic E-state index is 13.4. The number of nitrogens with one attached hydrogen (secondary N) is 1. The number of hydrogen-bond acceptors (Lipinski definition) is 9. The van der Waals surface area contributed by atoms with Crippen molar-refractivity contribution in [1.82, 2.24) is 5.32 Å². The van der Waals surface area contributed by atoms with Crippen LogP contribution in [0.3, 0.4) is 0 Å². The standard InChI is InChI=1S/C24H31N5O6/c1-11-8-28-18-6-19(27-9-16-17(10-27)21(16)25)20(29(33)34)5-15(18)7-24(13(3)30,22(28)12(2)35-11)23(32)26-14(4)31/h5-6,11-12,16-17,21-22H,7-10,25H2,1-4H3,(H,26,31,32)/t11-,12+,16-,17+,21?,22-,24+/m1/s1. The lowest BCUT2D eigenvalue weighted by molar-refractivity contribution is -0.384.